The van der Waals surface area contributed by atoms with Gasteiger partial charge in [-0.25, -0.2) is 0 Å². The van der Waals surface area contributed by atoms with Gasteiger partial charge in [0.2, 0.25) is 5.91 Å². The van der Waals surface area contributed by atoms with Crippen LogP contribution in [-0.2, 0) is 11.0 Å². The van der Waals surface area contributed by atoms with Gasteiger partial charge >= 0.3 is 6.18 Å². The fraction of sp³-hybridized carbons (Fsp3) is 0.533. The number of hydrogen-bond acceptors (Lipinski definition) is 2. The zero-order valence-corrected chi connectivity index (χ0v) is 12.7. The molecule has 3 nitrogen and oxygen atoms in total. The van der Waals surface area contributed by atoms with Crippen molar-refractivity contribution < 1.29 is 18.0 Å². The Hall–Kier alpha value is -1.27. The molecule has 1 unspecified atom stereocenters. The molecule has 0 aromatic heterocycles. The van der Waals surface area contributed by atoms with Crippen molar-refractivity contribution in [1.29, 1.82) is 0 Å². The third-order valence-corrected chi connectivity index (χ3v) is 4.72. The fourth-order valence-corrected chi connectivity index (χ4v) is 3.51. The summed E-state index contributed by atoms with van der Waals surface area (Å²) in [6.45, 7) is 2.04. The van der Waals surface area contributed by atoms with E-state index >= 15 is 0 Å². The van der Waals surface area contributed by atoms with Gasteiger partial charge in [0.25, 0.3) is 0 Å². The fourth-order valence-electron chi connectivity index (χ4n) is 3.51. The monoisotopic (exact) mass is 334 g/mol. The summed E-state index contributed by atoms with van der Waals surface area (Å²) in [5.74, 6) is -0.0109. The molecule has 0 bridgehead atoms. The van der Waals surface area contributed by atoms with Crippen LogP contribution in [0.3, 0.4) is 0 Å². The smallest absolute Gasteiger partial charge is 0.355 e. The molecule has 1 amide bonds. The van der Waals surface area contributed by atoms with Crippen molar-refractivity contribution in [2.24, 2.45) is 5.41 Å². The second kappa shape index (κ2) is 6.08. The summed E-state index contributed by atoms with van der Waals surface area (Å²) >= 11 is 0. The highest BCUT2D eigenvalue weighted by atomic mass is 35.5. The standard InChI is InChI=1S/C15H17F3N2O.ClH/c16-15(17,18)11-3-1-10(2-4-11)12-9-20-13(21)14(12)5-7-19-8-6-14;/h1-4,12,19H,5-9H2,(H,20,21);1H. The van der Waals surface area contributed by atoms with E-state index in [1.807, 2.05) is 0 Å². The Morgan fingerprint density at radius 1 is 1.09 bits per heavy atom. The van der Waals surface area contributed by atoms with Gasteiger partial charge in [-0.15, -0.1) is 12.4 Å². The molecule has 1 aromatic rings. The summed E-state index contributed by atoms with van der Waals surface area (Å²) in [6.07, 6.45) is -2.87. The highest BCUT2D eigenvalue weighted by Gasteiger charge is 2.50. The first kappa shape index (κ1) is 17.1. The van der Waals surface area contributed by atoms with Gasteiger partial charge < -0.3 is 10.6 Å². The van der Waals surface area contributed by atoms with Gasteiger partial charge in [0, 0.05) is 12.5 Å². The van der Waals surface area contributed by atoms with Crippen molar-refractivity contribution in [3.05, 3.63) is 35.4 Å². The van der Waals surface area contributed by atoms with Crippen LogP contribution >= 0.6 is 12.4 Å². The van der Waals surface area contributed by atoms with Gasteiger partial charge in [-0.2, -0.15) is 13.2 Å². The van der Waals surface area contributed by atoms with Crippen molar-refractivity contribution in [1.82, 2.24) is 10.6 Å². The zero-order chi connectivity index (χ0) is 15.1. The van der Waals surface area contributed by atoms with Crippen molar-refractivity contribution in [3.63, 3.8) is 0 Å². The van der Waals surface area contributed by atoms with Crippen molar-refractivity contribution >= 4 is 18.3 Å². The molecule has 0 aliphatic carbocycles. The predicted octanol–water partition coefficient (Wildman–Crippen LogP) is 2.71. The van der Waals surface area contributed by atoms with Crippen LogP contribution in [0, 0.1) is 5.41 Å². The third-order valence-electron chi connectivity index (χ3n) is 4.72. The number of piperidine rings is 1. The largest absolute Gasteiger partial charge is 0.416 e. The van der Waals surface area contributed by atoms with E-state index < -0.39 is 17.2 Å². The lowest BCUT2D eigenvalue weighted by atomic mass is 9.68. The summed E-state index contributed by atoms with van der Waals surface area (Å²) in [5, 5.41) is 6.11. The van der Waals surface area contributed by atoms with Crippen LogP contribution in [0.5, 0.6) is 0 Å². The van der Waals surface area contributed by atoms with E-state index in [9.17, 15) is 18.0 Å². The predicted molar refractivity (Wildman–Crippen MR) is 79.0 cm³/mol. The molecule has 1 spiro atoms. The molecule has 1 aromatic carbocycles. The zero-order valence-electron chi connectivity index (χ0n) is 11.9. The molecule has 2 N–H and O–H groups in total. The summed E-state index contributed by atoms with van der Waals surface area (Å²) in [7, 11) is 0. The molecule has 2 heterocycles. The van der Waals surface area contributed by atoms with E-state index in [0.717, 1.165) is 43.6 Å². The number of alkyl halides is 3. The molecule has 2 fully saturated rings. The molecular weight excluding hydrogens is 317 g/mol. The van der Waals surface area contributed by atoms with E-state index in [2.05, 4.69) is 10.6 Å². The number of carbonyl (C=O) groups is 1. The number of amides is 1. The van der Waals surface area contributed by atoms with Gasteiger partial charge in [-0.05, 0) is 43.6 Å². The minimum absolute atomic E-state index is 0. The van der Waals surface area contributed by atoms with Gasteiger partial charge in [0.15, 0.2) is 0 Å². The second-order valence-electron chi connectivity index (χ2n) is 5.79. The molecule has 0 radical (unpaired) electrons. The number of hydrogen-bond donors (Lipinski definition) is 2. The van der Waals surface area contributed by atoms with Gasteiger partial charge in [0.1, 0.15) is 0 Å². The number of benzene rings is 1. The number of rotatable bonds is 1. The Balaban J connectivity index is 0.00000176. The molecule has 122 valence electrons. The van der Waals surface area contributed by atoms with Crippen LogP contribution in [0.4, 0.5) is 13.2 Å². The molecule has 3 rings (SSSR count). The number of halogens is 4. The van der Waals surface area contributed by atoms with Crippen LogP contribution in [0.15, 0.2) is 24.3 Å². The van der Waals surface area contributed by atoms with Gasteiger partial charge in [-0.1, -0.05) is 12.1 Å². The van der Waals surface area contributed by atoms with E-state index in [1.165, 1.54) is 12.1 Å². The molecule has 2 aliphatic rings. The highest BCUT2D eigenvalue weighted by Crippen LogP contribution is 2.46. The maximum Gasteiger partial charge on any atom is 0.416 e. The second-order valence-corrected chi connectivity index (χ2v) is 5.79. The number of nitrogens with one attached hydrogen (secondary N) is 2. The van der Waals surface area contributed by atoms with E-state index in [4.69, 9.17) is 0 Å². The Bertz CT molecular complexity index is 539. The van der Waals surface area contributed by atoms with Crippen molar-refractivity contribution in [2.45, 2.75) is 24.9 Å². The third kappa shape index (κ3) is 2.82. The molecule has 2 saturated heterocycles. The Morgan fingerprint density at radius 3 is 2.23 bits per heavy atom. The normalized spacial score (nSPS) is 24.0. The molecule has 22 heavy (non-hydrogen) atoms. The number of carbonyl (C=O) groups excluding carboxylic acids is 1. The van der Waals surface area contributed by atoms with E-state index in [1.54, 1.807) is 0 Å². The van der Waals surface area contributed by atoms with Gasteiger partial charge in [-0.3, -0.25) is 4.79 Å². The van der Waals surface area contributed by atoms with Crippen molar-refractivity contribution in [2.75, 3.05) is 19.6 Å². The first-order chi connectivity index (χ1) is 9.93. The molecule has 7 heteroatoms. The molecule has 2 aliphatic heterocycles. The quantitative estimate of drug-likeness (QED) is 0.829. The average molecular weight is 335 g/mol. The summed E-state index contributed by atoms with van der Waals surface area (Å²) in [5.41, 5.74) is -0.309. The molecule has 1 atom stereocenters. The lowest BCUT2D eigenvalue weighted by Crippen LogP contribution is -2.44. The van der Waals surface area contributed by atoms with Crippen LogP contribution in [0.2, 0.25) is 0 Å². The molecule has 0 saturated carbocycles. The van der Waals surface area contributed by atoms with E-state index in [-0.39, 0.29) is 24.2 Å². The molecular formula is C15H18ClF3N2O. The topological polar surface area (TPSA) is 41.1 Å². The first-order valence-electron chi connectivity index (χ1n) is 7.10. The summed E-state index contributed by atoms with van der Waals surface area (Å²) < 4.78 is 37.9. The van der Waals surface area contributed by atoms with Crippen molar-refractivity contribution in [3.8, 4) is 0 Å². The van der Waals surface area contributed by atoms with Crippen LogP contribution in [0.1, 0.15) is 29.9 Å². The average Bonchev–Trinajstić information content (AvgIpc) is 2.76. The Morgan fingerprint density at radius 2 is 1.68 bits per heavy atom. The minimum Gasteiger partial charge on any atom is -0.355 e. The SMILES string of the molecule is Cl.O=C1NCC(c2ccc(C(F)(F)F)cc2)C12CCNCC2. The maximum absolute atomic E-state index is 12.6. The Kier molecular flexibility index (Phi) is 4.73. The van der Waals surface area contributed by atoms with Gasteiger partial charge in [0.05, 0.1) is 11.0 Å². The van der Waals surface area contributed by atoms with Crippen LogP contribution in [-0.4, -0.2) is 25.5 Å². The lowest BCUT2D eigenvalue weighted by Gasteiger charge is -2.36. The van der Waals surface area contributed by atoms with Crippen LogP contribution < -0.4 is 10.6 Å². The summed E-state index contributed by atoms with van der Waals surface area (Å²) in [6, 6.07) is 5.23. The minimum atomic E-state index is -4.32. The summed E-state index contributed by atoms with van der Waals surface area (Å²) in [4.78, 5) is 12.2. The first-order valence-corrected chi connectivity index (χ1v) is 7.10. The van der Waals surface area contributed by atoms with E-state index in [0.29, 0.717) is 6.54 Å². The Labute approximate surface area is 133 Å². The lowest BCUT2D eigenvalue weighted by molar-refractivity contribution is -0.137. The van der Waals surface area contributed by atoms with Crippen LogP contribution in [0.25, 0.3) is 0 Å². The maximum atomic E-state index is 12.6. The highest BCUT2D eigenvalue weighted by molar-refractivity contribution is 5.86.